The number of hydrogen-bond donors (Lipinski definition) is 0. The van der Waals surface area contributed by atoms with Crippen molar-refractivity contribution in [3.05, 3.63) is 65.7 Å². The minimum Gasteiger partial charge on any atom is -0.341 e. The maximum atomic E-state index is 13.2. The number of likely N-dealkylation sites (tertiary alicyclic amines) is 2. The number of hydrogen-bond acceptors (Lipinski definition) is 3. The quantitative estimate of drug-likeness (QED) is 0.615. The molecule has 0 N–H and O–H groups in total. The molecule has 1 aromatic heterocycles. The molecule has 2 aliphatic rings. The Hall–Kier alpha value is -3.22. The van der Waals surface area contributed by atoms with E-state index in [1.165, 1.54) is 18.6 Å². The molecule has 5 rings (SSSR count). The molecule has 0 spiro atoms. The first-order valence-corrected chi connectivity index (χ1v) is 11.3. The lowest BCUT2D eigenvalue weighted by Gasteiger charge is -2.27. The summed E-state index contributed by atoms with van der Waals surface area (Å²) in [5, 5.41) is 0. The summed E-state index contributed by atoms with van der Waals surface area (Å²) in [7, 11) is 0. The Labute approximate surface area is 186 Å². The molecule has 0 radical (unpaired) electrons. The first kappa shape index (κ1) is 20.7. The highest BCUT2D eigenvalue weighted by molar-refractivity contribution is 5.83. The Morgan fingerprint density at radius 3 is 2.56 bits per heavy atom. The standard InChI is InChI=1S/C25H27FN4O2/c26-20-10-8-18(9-11-20)15-29-16-19(14-23(29)31)25-27-21-6-2-3-7-22(21)30(25)17-24(32)28-12-4-1-5-13-28/h2-3,6-11,19H,1,4-5,12-17H2/t19-/m1/s1. The monoisotopic (exact) mass is 434 g/mol. The summed E-state index contributed by atoms with van der Waals surface area (Å²) in [6.07, 6.45) is 3.65. The number of carbonyl (C=O) groups excluding carboxylic acids is 2. The Morgan fingerprint density at radius 1 is 1.03 bits per heavy atom. The zero-order valence-electron chi connectivity index (χ0n) is 18.0. The van der Waals surface area contributed by atoms with Gasteiger partial charge in [-0.15, -0.1) is 0 Å². The van der Waals surface area contributed by atoms with Gasteiger partial charge in [0.1, 0.15) is 18.2 Å². The number of fused-ring (bicyclic) bond motifs is 1. The van der Waals surface area contributed by atoms with Gasteiger partial charge in [0.25, 0.3) is 0 Å². The van der Waals surface area contributed by atoms with Crippen LogP contribution < -0.4 is 0 Å². The SMILES string of the molecule is O=C(Cn1c([C@@H]2CC(=O)N(Cc3ccc(F)cc3)C2)nc2ccccc21)N1CCCCC1. The maximum absolute atomic E-state index is 13.2. The number of carbonyl (C=O) groups is 2. The minimum absolute atomic E-state index is 0.0558. The fourth-order valence-corrected chi connectivity index (χ4v) is 4.86. The number of nitrogens with zero attached hydrogens (tertiary/aromatic N) is 4. The molecule has 2 aliphatic heterocycles. The van der Waals surface area contributed by atoms with Gasteiger partial charge in [-0.05, 0) is 49.1 Å². The molecule has 6 nitrogen and oxygen atoms in total. The summed E-state index contributed by atoms with van der Waals surface area (Å²) in [4.78, 5) is 34.4. The Bertz CT molecular complexity index is 1130. The minimum atomic E-state index is -0.286. The van der Waals surface area contributed by atoms with E-state index >= 15 is 0 Å². The van der Waals surface area contributed by atoms with Crippen LogP contribution in [0.2, 0.25) is 0 Å². The molecule has 0 saturated carbocycles. The summed E-state index contributed by atoms with van der Waals surface area (Å²) in [5.41, 5.74) is 2.67. The average Bonchev–Trinajstić information content (AvgIpc) is 3.36. The molecule has 1 atom stereocenters. The topological polar surface area (TPSA) is 58.4 Å². The van der Waals surface area contributed by atoms with Crippen LogP contribution in [0, 0.1) is 5.82 Å². The third-order valence-corrected chi connectivity index (χ3v) is 6.55. The van der Waals surface area contributed by atoms with Crippen LogP contribution in [0.4, 0.5) is 4.39 Å². The van der Waals surface area contributed by atoms with Crippen molar-refractivity contribution >= 4 is 22.8 Å². The predicted molar refractivity (Wildman–Crippen MR) is 119 cm³/mol. The predicted octanol–water partition coefficient (Wildman–Crippen LogP) is 3.70. The Morgan fingerprint density at radius 2 is 1.78 bits per heavy atom. The van der Waals surface area contributed by atoms with Crippen LogP contribution in [-0.2, 0) is 22.7 Å². The zero-order valence-corrected chi connectivity index (χ0v) is 18.0. The molecule has 2 aromatic carbocycles. The van der Waals surface area contributed by atoms with Crippen LogP contribution in [0.15, 0.2) is 48.5 Å². The highest BCUT2D eigenvalue weighted by Crippen LogP contribution is 2.31. The molecule has 7 heteroatoms. The lowest BCUT2D eigenvalue weighted by atomic mass is 10.1. The summed E-state index contributed by atoms with van der Waals surface area (Å²) >= 11 is 0. The normalized spacial score (nSPS) is 19.2. The summed E-state index contributed by atoms with van der Waals surface area (Å²) in [6, 6.07) is 14.1. The molecule has 2 saturated heterocycles. The lowest BCUT2D eigenvalue weighted by molar-refractivity contribution is -0.132. The third-order valence-electron chi connectivity index (χ3n) is 6.55. The number of amides is 2. The van der Waals surface area contributed by atoms with Gasteiger partial charge in [-0.1, -0.05) is 24.3 Å². The van der Waals surface area contributed by atoms with Crippen molar-refractivity contribution in [2.75, 3.05) is 19.6 Å². The van der Waals surface area contributed by atoms with Crippen LogP contribution in [0.3, 0.4) is 0 Å². The number of halogens is 1. The summed E-state index contributed by atoms with van der Waals surface area (Å²) < 4.78 is 15.2. The zero-order chi connectivity index (χ0) is 22.1. The van der Waals surface area contributed by atoms with E-state index in [-0.39, 0.29) is 30.1 Å². The molecule has 3 heterocycles. The van der Waals surface area contributed by atoms with Gasteiger partial charge in [0.2, 0.25) is 11.8 Å². The van der Waals surface area contributed by atoms with E-state index in [2.05, 4.69) is 0 Å². The molecule has 166 valence electrons. The molecule has 0 unspecified atom stereocenters. The van der Waals surface area contributed by atoms with Gasteiger partial charge >= 0.3 is 0 Å². The molecule has 0 aliphatic carbocycles. The highest BCUT2D eigenvalue weighted by atomic mass is 19.1. The van der Waals surface area contributed by atoms with Gasteiger partial charge in [-0.2, -0.15) is 0 Å². The summed E-state index contributed by atoms with van der Waals surface area (Å²) in [6.45, 7) is 2.86. The van der Waals surface area contributed by atoms with E-state index in [4.69, 9.17) is 4.98 Å². The van der Waals surface area contributed by atoms with E-state index in [9.17, 15) is 14.0 Å². The van der Waals surface area contributed by atoms with E-state index in [1.807, 2.05) is 33.7 Å². The lowest BCUT2D eigenvalue weighted by Crippen LogP contribution is -2.38. The summed E-state index contributed by atoms with van der Waals surface area (Å²) in [5.74, 6) is 0.601. The number of imidazole rings is 1. The van der Waals surface area contributed by atoms with Crippen molar-refractivity contribution in [1.29, 1.82) is 0 Å². The average molecular weight is 435 g/mol. The second-order valence-electron chi connectivity index (χ2n) is 8.79. The molecular weight excluding hydrogens is 407 g/mol. The van der Waals surface area contributed by atoms with Gasteiger partial charge < -0.3 is 14.4 Å². The number of aromatic nitrogens is 2. The van der Waals surface area contributed by atoms with Crippen LogP contribution in [0.5, 0.6) is 0 Å². The first-order valence-electron chi connectivity index (χ1n) is 11.3. The van der Waals surface area contributed by atoms with Crippen LogP contribution >= 0.6 is 0 Å². The second kappa shape index (κ2) is 8.73. The molecule has 2 amide bonds. The molecule has 32 heavy (non-hydrogen) atoms. The van der Waals surface area contributed by atoms with E-state index in [0.29, 0.717) is 19.5 Å². The molecule has 2 fully saturated rings. The van der Waals surface area contributed by atoms with Gasteiger partial charge in [-0.3, -0.25) is 9.59 Å². The van der Waals surface area contributed by atoms with Crippen LogP contribution in [0.1, 0.15) is 43.0 Å². The van der Waals surface area contributed by atoms with Crippen molar-refractivity contribution in [2.45, 2.75) is 44.7 Å². The Kier molecular flexibility index (Phi) is 5.64. The van der Waals surface area contributed by atoms with Crippen molar-refractivity contribution in [3.8, 4) is 0 Å². The number of rotatable bonds is 5. The van der Waals surface area contributed by atoms with Crippen molar-refractivity contribution < 1.29 is 14.0 Å². The van der Waals surface area contributed by atoms with Gasteiger partial charge in [0.05, 0.1) is 11.0 Å². The molecule has 0 bridgehead atoms. The number of benzene rings is 2. The maximum Gasteiger partial charge on any atom is 0.242 e. The number of para-hydroxylation sites is 2. The first-order chi connectivity index (χ1) is 15.6. The smallest absolute Gasteiger partial charge is 0.242 e. The van der Waals surface area contributed by atoms with E-state index < -0.39 is 0 Å². The molecule has 3 aromatic rings. The number of piperidine rings is 1. The Balaban J connectivity index is 1.39. The second-order valence-corrected chi connectivity index (χ2v) is 8.79. The van der Waals surface area contributed by atoms with Gasteiger partial charge in [-0.25, -0.2) is 9.37 Å². The fourth-order valence-electron chi connectivity index (χ4n) is 4.86. The largest absolute Gasteiger partial charge is 0.341 e. The van der Waals surface area contributed by atoms with Crippen molar-refractivity contribution in [3.63, 3.8) is 0 Å². The van der Waals surface area contributed by atoms with E-state index in [1.54, 1.807) is 17.0 Å². The highest BCUT2D eigenvalue weighted by Gasteiger charge is 2.34. The van der Waals surface area contributed by atoms with Crippen molar-refractivity contribution in [2.24, 2.45) is 0 Å². The fraction of sp³-hybridized carbons (Fsp3) is 0.400. The van der Waals surface area contributed by atoms with Gasteiger partial charge in [0, 0.05) is 38.5 Å². The van der Waals surface area contributed by atoms with E-state index in [0.717, 1.165) is 48.4 Å². The van der Waals surface area contributed by atoms with Crippen LogP contribution in [-0.4, -0.2) is 50.8 Å². The molecular formula is C25H27FN4O2. The van der Waals surface area contributed by atoms with Crippen molar-refractivity contribution in [1.82, 2.24) is 19.4 Å². The van der Waals surface area contributed by atoms with Crippen LogP contribution in [0.25, 0.3) is 11.0 Å². The third kappa shape index (κ3) is 4.11. The van der Waals surface area contributed by atoms with Gasteiger partial charge in [0.15, 0.2) is 0 Å².